The lowest BCUT2D eigenvalue weighted by molar-refractivity contribution is -0.137. The predicted molar refractivity (Wildman–Crippen MR) is 93.4 cm³/mol. The number of hydrogen-bond acceptors (Lipinski definition) is 6. The van der Waals surface area contributed by atoms with E-state index in [0.717, 1.165) is 0 Å². The van der Waals surface area contributed by atoms with Gasteiger partial charge in [-0.05, 0) is 32.0 Å². The zero-order valence-electron chi connectivity index (χ0n) is 15.1. The molecule has 1 heterocycles. The van der Waals surface area contributed by atoms with Gasteiger partial charge in [0.05, 0.1) is 31.3 Å². The Bertz CT molecular complexity index is 797. The highest BCUT2D eigenvalue weighted by atomic mass is 35.5. The molecule has 0 spiro atoms. The SMILES string of the molecule is COC(=O)C1=C(C)NC(C)=C(C(=O)OC)C1c1cc(Cl)ccc1OC(F)F. The van der Waals surface area contributed by atoms with Crippen LogP contribution in [0.15, 0.2) is 40.7 Å². The summed E-state index contributed by atoms with van der Waals surface area (Å²) in [5.41, 5.74) is 1.04. The Morgan fingerprint density at radius 2 is 1.59 bits per heavy atom. The third-order valence-corrected chi connectivity index (χ3v) is 4.30. The quantitative estimate of drug-likeness (QED) is 0.761. The maximum Gasteiger partial charge on any atom is 0.387 e. The van der Waals surface area contributed by atoms with Crippen LogP contribution in [0.2, 0.25) is 5.02 Å². The maximum absolute atomic E-state index is 12.9. The third-order valence-electron chi connectivity index (χ3n) is 4.07. The molecule has 0 radical (unpaired) electrons. The Morgan fingerprint density at radius 3 is 2.04 bits per heavy atom. The van der Waals surface area contributed by atoms with Crippen molar-refractivity contribution < 1.29 is 32.6 Å². The van der Waals surface area contributed by atoms with Gasteiger partial charge in [0, 0.05) is 22.0 Å². The summed E-state index contributed by atoms with van der Waals surface area (Å²) in [6, 6.07) is 3.98. The molecule has 1 aliphatic heterocycles. The molecule has 6 nitrogen and oxygen atoms in total. The first-order chi connectivity index (χ1) is 12.7. The normalized spacial score (nSPS) is 15.0. The lowest BCUT2D eigenvalue weighted by atomic mass is 9.80. The summed E-state index contributed by atoms with van der Waals surface area (Å²) >= 11 is 6.04. The Morgan fingerprint density at radius 1 is 1.07 bits per heavy atom. The Kier molecular flexibility index (Phi) is 6.43. The fourth-order valence-electron chi connectivity index (χ4n) is 3.01. The van der Waals surface area contributed by atoms with E-state index in [9.17, 15) is 18.4 Å². The summed E-state index contributed by atoms with van der Waals surface area (Å²) in [4.78, 5) is 24.9. The minimum Gasteiger partial charge on any atom is -0.466 e. The number of rotatable bonds is 5. The van der Waals surface area contributed by atoms with E-state index in [4.69, 9.17) is 21.1 Å². The van der Waals surface area contributed by atoms with Gasteiger partial charge in [-0.2, -0.15) is 8.78 Å². The first-order valence-corrected chi connectivity index (χ1v) is 8.18. The first kappa shape index (κ1) is 20.7. The highest BCUT2D eigenvalue weighted by molar-refractivity contribution is 6.30. The zero-order chi connectivity index (χ0) is 20.3. The summed E-state index contributed by atoms with van der Waals surface area (Å²) in [7, 11) is 2.36. The van der Waals surface area contributed by atoms with E-state index < -0.39 is 24.5 Å². The van der Waals surface area contributed by atoms with Crippen LogP contribution in [0.1, 0.15) is 25.3 Å². The van der Waals surface area contributed by atoms with Crippen molar-refractivity contribution in [3.05, 3.63) is 51.3 Å². The number of nitrogens with one attached hydrogen (secondary N) is 1. The van der Waals surface area contributed by atoms with Gasteiger partial charge in [-0.15, -0.1) is 0 Å². The second kappa shape index (κ2) is 8.39. The molecule has 0 aromatic heterocycles. The van der Waals surface area contributed by atoms with Crippen molar-refractivity contribution in [1.82, 2.24) is 5.32 Å². The summed E-state index contributed by atoms with van der Waals surface area (Å²) in [6.45, 7) is 0.106. The molecule has 0 atom stereocenters. The van der Waals surface area contributed by atoms with E-state index in [1.54, 1.807) is 13.8 Å². The molecule has 0 bridgehead atoms. The molecule has 146 valence electrons. The second-order valence-corrected chi connectivity index (χ2v) is 6.12. The molecule has 0 saturated heterocycles. The highest BCUT2D eigenvalue weighted by Gasteiger charge is 2.39. The monoisotopic (exact) mass is 401 g/mol. The van der Waals surface area contributed by atoms with E-state index in [0.29, 0.717) is 11.4 Å². The van der Waals surface area contributed by atoms with Gasteiger partial charge in [-0.3, -0.25) is 0 Å². The lowest BCUT2D eigenvalue weighted by Crippen LogP contribution is -2.32. The lowest BCUT2D eigenvalue weighted by Gasteiger charge is -2.31. The number of hydrogen-bond donors (Lipinski definition) is 1. The van der Waals surface area contributed by atoms with Gasteiger partial charge in [-0.25, -0.2) is 9.59 Å². The number of methoxy groups -OCH3 is 2. The van der Waals surface area contributed by atoms with Crippen LogP contribution < -0.4 is 10.1 Å². The Labute approximate surface area is 159 Å². The Hall–Kier alpha value is -2.61. The van der Waals surface area contributed by atoms with Gasteiger partial charge in [0.1, 0.15) is 5.75 Å². The fourth-order valence-corrected chi connectivity index (χ4v) is 3.19. The van der Waals surface area contributed by atoms with Crippen molar-refractivity contribution in [3.63, 3.8) is 0 Å². The molecular weight excluding hydrogens is 384 g/mol. The molecule has 2 rings (SSSR count). The molecule has 1 aromatic carbocycles. The van der Waals surface area contributed by atoms with Crippen molar-refractivity contribution in [2.24, 2.45) is 0 Å². The van der Waals surface area contributed by atoms with Crippen LogP contribution in [0.3, 0.4) is 0 Å². The van der Waals surface area contributed by atoms with E-state index in [2.05, 4.69) is 10.1 Å². The minimum atomic E-state index is -3.11. The van der Waals surface area contributed by atoms with Crippen LogP contribution >= 0.6 is 11.6 Å². The summed E-state index contributed by atoms with van der Waals surface area (Å²) in [6.07, 6.45) is 0. The number of carbonyl (C=O) groups excluding carboxylic acids is 2. The first-order valence-electron chi connectivity index (χ1n) is 7.80. The number of halogens is 3. The van der Waals surface area contributed by atoms with Crippen LogP contribution in [-0.2, 0) is 19.1 Å². The van der Waals surface area contributed by atoms with Gasteiger partial charge in [0.2, 0.25) is 0 Å². The number of alkyl halides is 2. The molecule has 1 N–H and O–H groups in total. The fraction of sp³-hybridized carbons (Fsp3) is 0.333. The molecule has 0 fully saturated rings. The van der Waals surface area contributed by atoms with E-state index in [-0.39, 0.29) is 27.5 Å². The number of carbonyl (C=O) groups is 2. The summed E-state index contributed by atoms with van der Waals surface area (Å²) in [5.74, 6) is -2.76. The Balaban J connectivity index is 2.79. The third kappa shape index (κ3) is 4.21. The molecular formula is C18H18ClF2NO5. The van der Waals surface area contributed by atoms with E-state index in [1.807, 2.05) is 0 Å². The molecule has 1 aliphatic rings. The molecule has 0 aliphatic carbocycles. The average Bonchev–Trinajstić information content (AvgIpc) is 2.61. The smallest absolute Gasteiger partial charge is 0.387 e. The molecule has 9 heteroatoms. The minimum absolute atomic E-state index is 0.0601. The number of esters is 2. The molecule has 27 heavy (non-hydrogen) atoms. The summed E-state index contributed by atoms with van der Waals surface area (Å²) < 4.78 is 40.0. The number of benzene rings is 1. The van der Waals surface area contributed by atoms with Crippen molar-refractivity contribution >= 4 is 23.5 Å². The van der Waals surface area contributed by atoms with Gasteiger partial charge >= 0.3 is 18.6 Å². The summed E-state index contributed by atoms with van der Waals surface area (Å²) in [5, 5.41) is 3.14. The second-order valence-electron chi connectivity index (χ2n) is 5.68. The standard InChI is InChI=1S/C18H18ClF2NO5/c1-8-13(16(23)25-3)15(14(9(2)22-8)17(24)26-4)11-7-10(19)5-6-12(11)27-18(20)21/h5-7,15,18,22H,1-4H3. The van der Waals surface area contributed by atoms with Crippen molar-refractivity contribution in [1.29, 1.82) is 0 Å². The van der Waals surface area contributed by atoms with Crippen molar-refractivity contribution in [3.8, 4) is 5.75 Å². The number of ether oxygens (including phenoxy) is 3. The molecule has 0 saturated carbocycles. The van der Waals surface area contributed by atoms with Crippen LogP contribution in [0.4, 0.5) is 8.78 Å². The van der Waals surface area contributed by atoms with Crippen LogP contribution in [-0.4, -0.2) is 32.8 Å². The number of allylic oxidation sites excluding steroid dienone is 2. The molecule has 1 aromatic rings. The van der Waals surface area contributed by atoms with Gasteiger partial charge in [0.15, 0.2) is 0 Å². The number of dihydropyridines is 1. The van der Waals surface area contributed by atoms with E-state index in [1.165, 1.54) is 32.4 Å². The van der Waals surface area contributed by atoms with Crippen molar-refractivity contribution in [2.45, 2.75) is 26.4 Å². The highest BCUT2D eigenvalue weighted by Crippen LogP contribution is 2.43. The van der Waals surface area contributed by atoms with Gasteiger partial charge in [-0.1, -0.05) is 11.6 Å². The molecule has 0 amide bonds. The van der Waals surface area contributed by atoms with E-state index >= 15 is 0 Å². The predicted octanol–water partition coefficient (Wildman–Crippen LogP) is 3.52. The topological polar surface area (TPSA) is 73.9 Å². The zero-order valence-corrected chi connectivity index (χ0v) is 15.8. The molecule has 0 unspecified atom stereocenters. The largest absolute Gasteiger partial charge is 0.466 e. The van der Waals surface area contributed by atoms with Gasteiger partial charge in [0.25, 0.3) is 0 Å². The average molecular weight is 402 g/mol. The van der Waals surface area contributed by atoms with Gasteiger partial charge < -0.3 is 19.5 Å². The van der Waals surface area contributed by atoms with Crippen molar-refractivity contribution in [2.75, 3.05) is 14.2 Å². The maximum atomic E-state index is 12.9. The van der Waals surface area contributed by atoms with Crippen LogP contribution in [0.5, 0.6) is 5.75 Å². The van der Waals surface area contributed by atoms with Crippen LogP contribution in [0, 0.1) is 0 Å². The van der Waals surface area contributed by atoms with Crippen LogP contribution in [0.25, 0.3) is 0 Å².